The lowest BCUT2D eigenvalue weighted by atomic mass is 9.93. The number of rotatable bonds is 7. The van der Waals surface area contributed by atoms with Gasteiger partial charge in [0.05, 0.1) is 19.4 Å². The molecule has 0 radical (unpaired) electrons. The number of nitrogens with one attached hydrogen (secondary N) is 3. The Morgan fingerprint density at radius 3 is 2.90 bits per heavy atom. The first-order valence-electron chi connectivity index (χ1n) is 10.3. The number of benzene rings is 1. The van der Waals surface area contributed by atoms with Gasteiger partial charge in [-0.15, -0.1) is 0 Å². The number of aromatic nitrogens is 3. The number of anilines is 2. The highest BCUT2D eigenvalue weighted by atomic mass is 16.5. The molecule has 0 aliphatic heterocycles. The van der Waals surface area contributed by atoms with Crippen LogP contribution in [-0.4, -0.2) is 45.9 Å². The number of hydrogen-bond acceptors (Lipinski definition) is 7. The summed E-state index contributed by atoms with van der Waals surface area (Å²) in [5, 5.41) is 26.8. The number of fused-ring (bicyclic) bond motifs is 1. The number of ether oxygens (including phenoxy) is 1. The second kappa shape index (κ2) is 9.01. The summed E-state index contributed by atoms with van der Waals surface area (Å²) in [6.07, 6.45) is 7.42. The molecule has 8 nitrogen and oxygen atoms in total. The Kier molecular flexibility index (Phi) is 6.00. The van der Waals surface area contributed by atoms with Crippen LogP contribution in [0.4, 0.5) is 11.8 Å². The van der Waals surface area contributed by atoms with Crippen molar-refractivity contribution in [1.82, 2.24) is 15.0 Å². The number of aromatic amines is 1. The van der Waals surface area contributed by atoms with Gasteiger partial charge in [0.25, 0.3) is 0 Å². The van der Waals surface area contributed by atoms with E-state index >= 15 is 0 Å². The number of H-pyrrole nitrogens is 1. The van der Waals surface area contributed by atoms with Crippen LogP contribution in [0.1, 0.15) is 36.8 Å². The van der Waals surface area contributed by atoms with Crippen molar-refractivity contribution in [2.45, 2.75) is 44.2 Å². The molecular weight excluding hydrogens is 380 g/mol. The molecule has 2 heterocycles. The zero-order chi connectivity index (χ0) is 20.9. The largest absolute Gasteiger partial charge is 0.497 e. The molecule has 3 aromatic rings. The minimum atomic E-state index is -0.216. The Balaban J connectivity index is 1.39. The van der Waals surface area contributed by atoms with Crippen LogP contribution in [0.3, 0.4) is 0 Å². The Labute approximate surface area is 175 Å². The summed E-state index contributed by atoms with van der Waals surface area (Å²) in [4.78, 5) is 12.1. The van der Waals surface area contributed by atoms with Gasteiger partial charge < -0.3 is 25.5 Å². The molecule has 1 aliphatic carbocycles. The monoisotopic (exact) mass is 406 g/mol. The molecule has 8 heteroatoms. The molecule has 30 heavy (non-hydrogen) atoms. The van der Waals surface area contributed by atoms with Crippen LogP contribution in [0.2, 0.25) is 0 Å². The quantitative estimate of drug-likeness (QED) is 0.476. The van der Waals surface area contributed by atoms with E-state index in [0.717, 1.165) is 43.4 Å². The zero-order valence-corrected chi connectivity index (χ0v) is 17.0. The van der Waals surface area contributed by atoms with Crippen LogP contribution in [0.5, 0.6) is 5.75 Å². The lowest BCUT2D eigenvalue weighted by Gasteiger charge is -2.26. The Bertz CT molecular complexity index is 1050. The van der Waals surface area contributed by atoms with E-state index in [0.29, 0.717) is 23.9 Å². The smallest absolute Gasteiger partial charge is 0.224 e. The number of nitrogens with zero attached hydrogens (tertiary/aromatic N) is 3. The summed E-state index contributed by atoms with van der Waals surface area (Å²) in [6.45, 7) is 0.667. The number of aliphatic hydroxyl groups is 1. The molecule has 0 bridgehead atoms. The third kappa shape index (κ3) is 4.47. The van der Waals surface area contributed by atoms with Gasteiger partial charge in [-0.25, -0.2) is 4.98 Å². The number of nitriles is 1. The summed E-state index contributed by atoms with van der Waals surface area (Å²) in [5.74, 6) is 1.87. The van der Waals surface area contributed by atoms with E-state index in [1.165, 1.54) is 10.9 Å². The van der Waals surface area contributed by atoms with Gasteiger partial charge in [-0.2, -0.15) is 10.2 Å². The highest BCUT2D eigenvalue weighted by Gasteiger charge is 2.20. The average molecular weight is 406 g/mol. The highest BCUT2D eigenvalue weighted by Crippen LogP contribution is 2.25. The van der Waals surface area contributed by atoms with Crippen LogP contribution in [-0.2, 0) is 6.42 Å². The molecule has 1 saturated carbocycles. The van der Waals surface area contributed by atoms with Crippen molar-refractivity contribution in [3.63, 3.8) is 0 Å². The second-order valence-electron chi connectivity index (χ2n) is 7.62. The van der Waals surface area contributed by atoms with Gasteiger partial charge in [0, 0.05) is 35.8 Å². The van der Waals surface area contributed by atoms with Crippen LogP contribution in [0, 0.1) is 11.3 Å². The maximum Gasteiger partial charge on any atom is 0.224 e. The highest BCUT2D eigenvalue weighted by molar-refractivity contribution is 5.84. The predicted molar refractivity (Wildman–Crippen MR) is 116 cm³/mol. The molecular formula is C22H26N6O2. The van der Waals surface area contributed by atoms with Crippen molar-refractivity contribution in [2.24, 2.45) is 0 Å². The lowest BCUT2D eigenvalue weighted by Crippen LogP contribution is -2.29. The lowest BCUT2D eigenvalue weighted by molar-refractivity contribution is 0.126. The van der Waals surface area contributed by atoms with E-state index in [4.69, 9.17) is 4.74 Å². The van der Waals surface area contributed by atoms with E-state index < -0.39 is 0 Å². The molecule has 156 valence electrons. The first-order valence-corrected chi connectivity index (χ1v) is 10.3. The SMILES string of the molecule is COc1ccc2c(CCNc3ncc(C#N)c(NC4CCC(O)CC4)n3)c[nH]c2c1. The summed E-state index contributed by atoms with van der Waals surface area (Å²) in [6, 6.07) is 8.36. The Morgan fingerprint density at radius 2 is 2.13 bits per heavy atom. The normalized spacial score (nSPS) is 18.7. The molecule has 0 saturated heterocycles. The molecule has 2 aromatic heterocycles. The minimum absolute atomic E-state index is 0.214. The van der Waals surface area contributed by atoms with Gasteiger partial charge in [-0.1, -0.05) is 0 Å². The third-order valence-corrected chi connectivity index (χ3v) is 5.60. The van der Waals surface area contributed by atoms with Crippen molar-refractivity contribution in [1.29, 1.82) is 5.26 Å². The first-order chi connectivity index (χ1) is 14.7. The summed E-state index contributed by atoms with van der Waals surface area (Å²) >= 11 is 0. The molecule has 0 unspecified atom stereocenters. The summed E-state index contributed by atoms with van der Waals surface area (Å²) in [5.41, 5.74) is 2.67. The average Bonchev–Trinajstić information content (AvgIpc) is 3.17. The maximum absolute atomic E-state index is 9.68. The van der Waals surface area contributed by atoms with Gasteiger partial charge in [-0.05, 0) is 49.8 Å². The second-order valence-corrected chi connectivity index (χ2v) is 7.62. The van der Waals surface area contributed by atoms with Crippen molar-refractivity contribution in [3.05, 3.63) is 41.7 Å². The topological polar surface area (TPSA) is 119 Å². The minimum Gasteiger partial charge on any atom is -0.497 e. The Morgan fingerprint density at radius 1 is 1.30 bits per heavy atom. The van der Waals surface area contributed by atoms with E-state index in [2.05, 4.69) is 37.7 Å². The van der Waals surface area contributed by atoms with Crippen LogP contribution < -0.4 is 15.4 Å². The summed E-state index contributed by atoms with van der Waals surface area (Å²) < 4.78 is 5.27. The molecule has 0 spiro atoms. The van der Waals surface area contributed by atoms with Gasteiger partial charge in [0.1, 0.15) is 23.2 Å². The standard InChI is InChI=1S/C22H26N6O2/c1-30-18-6-7-19-14(12-25-20(19)10-18)8-9-24-22-26-13-15(11-23)21(28-22)27-16-2-4-17(29)5-3-16/h6-7,10,12-13,16-17,25,29H,2-5,8-9H2,1H3,(H2,24,26,27,28). The van der Waals surface area contributed by atoms with Crippen LogP contribution in [0.15, 0.2) is 30.6 Å². The van der Waals surface area contributed by atoms with Crippen molar-refractivity contribution in [2.75, 3.05) is 24.3 Å². The first kappa shape index (κ1) is 20.0. The number of aliphatic hydroxyl groups excluding tert-OH is 1. The maximum atomic E-state index is 9.68. The van der Waals surface area contributed by atoms with Gasteiger partial charge in [-0.3, -0.25) is 0 Å². The molecule has 4 N–H and O–H groups in total. The van der Waals surface area contributed by atoms with Gasteiger partial charge in [0.15, 0.2) is 0 Å². The molecule has 0 amide bonds. The summed E-state index contributed by atoms with van der Waals surface area (Å²) in [7, 11) is 1.66. The van der Waals surface area contributed by atoms with Gasteiger partial charge >= 0.3 is 0 Å². The van der Waals surface area contributed by atoms with E-state index in [1.807, 2.05) is 18.3 Å². The fourth-order valence-electron chi connectivity index (χ4n) is 3.88. The fourth-order valence-corrected chi connectivity index (χ4v) is 3.88. The fraction of sp³-hybridized carbons (Fsp3) is 0.409. The number of hydrogen-bond donors (Lipinski definition) is 4. The predicted octanol–water partition coefficient (Wildman–Crippen LogP) is 3.21. The van der Waals surface area contributed by atoms with E-state index in [-0.39, 0.29) is 12.1 Å². The molecule has 1 aromatic carbocycles. The van der Waals surface area contributed by atoms with Crippen molar-refractivity contribution < 1.29 is 9.84 Å². The van der Waals surface area contributed by atoms with E-state index in [1.54, 1.807) is 13.3 Å². The Hall–Kier alpha value is -3.31. The molecule has 0 atom stereocenters. The van der Waals surface area contributed by atoms with Crippen molar-refractivity contribution in [3.8, 4) is 11.8 Å². The third-order valence-electron chi connectivity index (χ3n) is 5.60. The van der Waals surface area contributed by atoms with Crippen LogP contribution in [0.25, 0.3) is 10.9 Å². The van der Waals surface area contributed by atoms with E-state index in [9.17, 15) is 10.4 Å². The molecule has 4 rings (SSSR count). The van der Waals surface area contributed by atoms with Gasteiger partial charge in [0.2, 0.25) is 5.95 Å². The zero-order valence-electron chi connectivity index (χ0n) is 17.0. The van der Waals surface area contributed by atoms with Crippen molar-refractivity contribution >= 4 is 22.7 Å². The molecule has 1 fully saturated rings. The number of methoxy groups -OCH3 is 1. The van der Waals surface area contributed by atoms with Crippen LogP contribution >= 0.6 is 0 Å². The molecule has 1 aliphatic rings.